The van der Waals surface area contributed by atoms with Crippen LogP contribution in [0.15, 0.2) is 91.1 Å². The summed E-state index contributed by atoms with van der Waals surface area (Å²) < 4.78 is 7.80. The van der Waals surface area contributed by atoms with Crippen LogP contribution in [0.25, 0.3) is 5.69 Å². The maximum absolute atomic E-state index is 13.7. The van der Waals surface area contributed by atoms with Crippen molar-refractivity contribution in [2.24, 2.45) is 0 Å². The van der Waals surface area contributed by atoms with Crippen molar-refractivity contribution in [1.29, 1.82) is 0 Å². The number of nitrogens with zero attached hydrogens (tertiary/aromatic N) is 2. The van der Waals surface area contributed by atoms with Crippen LogP contribution >= 0.6 is 11.6 Å². The van der Waals surface area contributed by atoms with Crippen molar-refractivity contribution in [2.45, 2.75) is 19.5 Å². The first-order valence-corrected chi connectivity index (χ1v) is 11.3. The van der Waals surface area contributed by atoms with Crippen LogP contribution in [-0.4, -0.2) is 22.1 Å². The number of urea groups is 1. The maximum atomic E-state index is 13.7. The fourth-order valence-electron chi connectivity index (χ4n) is 4.35. The molecule has 5 rings (SSSR count). The van der Waals surface area contributed by atoms with Gasteiger partial charge in [-0.2, -0.15) is 0 Å². The summed E-state index contributed by atoms with van der Waals surface area (Å²) in [5.41, 5.74) is 4.74. The van der Waals surface area contributed by atoms with Crippen LogP contribution in [0.3, 0.4) is 0 Å². The van der Waals surface area contributed by atoms with E-state index < -0.39 is 0 Å². The number of amides is 2. The molecule has 2 heterocycles. The predicted molar refractivity (Wildman–Crippen MR) is 131 cm³/mol. The fraction of sp³-hybridized carbons (Fsp3) is 0.148. The molecular formula is C27H24ClN3O2. The zero-order valence-electron chi connectivity index (χ0n) is 18.2. The van der Waals surface area contributed by atoms with Gasteiger partial charge in [0, 0.05) is 11.9 Å². The van der Waals surface area contributed by atoms with Crippen molar-refractivity contribution in [1.82, 2.24) is 9.47 Å². The lowest BCUT2D eigenvalue weighted by atomic mass is 10.0. The van der Waals surface area contributed by atoms with Crippen LogP contribution in [0.2, 0.25) is 5.02 Å². The summed E-state index contributed by atoms with van der Waals surface area (Å²) in [6.45, 7) is 3.02. The summed E-state index contributed by atoms with van der Waals surface area (Å²) in [6.07, 6.45) is 2.05. The molecule has 0 bridgehead atoms. The van der Waals surface area contributed by atoms with E-state index in [0.717, 1.165) is 28.3 Å². The summed E-state index contributed by atoms with van der Waals surface area (Å²) >= 11 is 6.33. The van der Waals surface area contributed by atoms with Crippen LogP contribution < -0.4 is 10.1 Å². The molecule has 1 N–H and O–H groups in total. The lowest BCUT2D eigenvalue weighted by Crippen LogP contribution is -2.38. The number of benzene rings is 3. The average Bonchev–Trinajstić information content (AvgIpc) is 3.26. The minimum Gasteiger partial charge on any atom is -0.494 e. The van der Waals surface area contributed by atoms with E-state index in [9.17, 15) is 4.79 Å². The number of nitrogens with one attached hydrogen (secondary N) is 1. The molecule has 1 aliphatic heterocycles. The molecule has 6 heteroatoms. The van der Waals surface area contributed by atoms with Crippen LogP contribution in [0.4, 0.5) is 10.5 Å². The summed E-state index contributed by atoms with van der Waals surface area (Å²) in [6, 6.07) is 27.0. The summed E-state index contributed by atoms with van der Waals surface area (Å²) in [5.74, 6) is 0.806. The fourth-order valence-corrected chi connectivity index (χ4v) is 4.54. The topological polar surface area (TPSA) is 46.5 Å². The molecule has 0 fully saturated rings. The summed E-state index contributed by atoms with van der Waals surface area (Å²) in [4.78, 5) is 15.5. The van der Waals surface area contributed by atoms with Crippen LogP contribution in [0.1, 0.15) is 29.8 Å². The molecule has 1 aliphatic rings. The lowest BCUT2D eigenvalue weighted by molar-refractivity contribution is 0.194. The van der Waals surface area contributed by atoms with E-state index in [0.29, 0.717) is 23.9 Å². The molecule has 0 saturated carbocycles. The molecule has 166 valence electrons. The zero-order valence-corrected chi connectivity index (χ0v) is 19.0. The van der Waals surface area contributed by atoms with E-state index in [1.165, 1.54) is 0 Å². The standard InChI is InChI=1S/C27H24ClN3O2/c1-2-33-21-15-13-19(14-16-21)26-25-12-7-17-30(25)24-11-6-3-8-20(24)18-31(26)27(32)29-23-10-5-4-9-22(23)28/h3-17,26H,2,18H2,1H3,(H,29,32)/t26-/m1/s1. The first-order valence-electron chi connectivity index (χ1n) is 11.0. The van der Waals surface area contributed by atoms with Gasteiger partial charge in [-0.15, -0.1) is 0 Å². The minimum atomic E-state index is -0.300. The van der Waals surface area contributed by atoms with E-state index >= 15 is 0 Å². The molecule has 0 unspecified atom stereocenters. The molecule has 1 aromatic heterocycles. The van der Waals surface area contributed by atoms with Gasteiger partial charge >= 0.3 is 6.03 Å². The minimum absolute atomic E-state index is 0.216. The highest BCUT2D eigenvalue weighted by Crippen LogP contribution is 2.37. The van der Waals surface area contributed by atoms with Gasteiger partial charge in [-0.25, -0.2) is 4.79 Å². The number of hydrogen-bond donors (Lipinski definition) is 1. The van der Waals surface area contributed by atoms with Crippen molar-refractivity contribution < 1.29 is 9.53 Å². The highest BCUT2D eigenvalue weighted by Gasteiger charge is 2.33. The van der Waals surface area contributed by atoms with Crippen molar-refractivity contribution in [3.63, 3.8) is 0 Å². The van der Waals surface area contributed by atoms with Gasteiger partial charge in [-0.3, -0.25) is 0 Å². The molecule has 4 aromatic rings. The van der Waals surface area contributed by atoms with Crippen molar-refractivity contribution in [3.8, 4) is 11.4 Å². The molecule has 2 amide bonds. The Bertz CT molecular complexity index is 1280. The monoisotopic (exact) mass is 457 g/mol. The van der Waals surface area contributed by atoms with Gasteiger partial charge in [0.2, 0.25) is 0 Å². The van der Waals surface area contributed by atoms with Gasteiger partial charge in [0.25, 0.3) is 0 Å². The van der Waals surface area contributed by atoms with Crippen molar-refractivity contribution in [2.75, 3.05) is 11.9 Å². The third-order valence-electron chi connectivity index (χ3n) is 5.85. The number of aromatic nitrogens is 1. The van der Waals surface area contributed by atoms with Crippen LogP contribution in [0, 0.1) is 0 Å². The second-order valence-corrected chi connectivity index (χ2v) is 8.28. The zero-order chi connectivity index (χ0) is 22.8. The summed E-state index contributed by atoms with van der Waals surface area (Å²) in [7, 11) is 0. The first-order chi connectivity index (χ1) is 16.2. The molecule has 0 saturated heterocycles. The number of carbonyl (C=O) groups excluding carboxylic acids is 1. The first kappa shape index (κ1) is 21.2. The number of fused-ring (bicyclic) bond motifs is 3. The van der Waals surface area contributed by atoms with Gasteiger partial charge < -0.3 is 19.5 Å². The quantitative estimate of drug-likeness (QED) is 0.372. The van der Waals surface area contributed by atoms with E-state index in [2.05, 4.69) is 28.1 Å². The van der Waals surface area contributed by atoms with E-state index in [1.807, 2.05) is 72.6 Å². The second kappa shape index (κ2) is 9.04. The Balaban J connectivity index is 1.61. The van der Waals surface area contributed by atoms with Crippen LogP contribution in [-0.2, 0) is 6.54 Å². The summed E-state index contributed by atoms with van der Waals surface area (Å²) in [5, 5.41) is 3.52. The Hall–Kier alpha value is -3.70. The molecule has 0 radical (unpaired) electrons. The molecule has 33 heavy (non-hydrogen) atoms. The van der Waals surface area contributed by atoms with Crippen molar-refractivity contribution >= 4 is 23.3 Å². The molecular weight excluding hydrogens is 434 g/mol. The highest BCUT2D eigenvalue weighted by atomic mass is 35.5. The number of ether oxygens (including phenoxy) is 1. The second-order valence-electron chi connectivity index (χ2n) is 7.87. The molecule has 1 atom stereocenters. The van der Waals surface area contributed by atoms with Gasteiger partial charge in [-0.05, 0) is 60.5 Å². The largest absolute Gasteiger partial charge is 0.494 e. The predicted octanol–water partition coefficient (Wildman–Crippen LogP) is 6.67. The van der Waals surface area contributed by atoms with Gasteiger partial charge in [0.1, 0.15) is 5.75 Å². The number of carbonyl (C=O) groups is 1. The Kier molecular flexibility index (Phi) is 5.80. The highest BCUT2D eigenvalue weighted by molar-refractivity contribution is 6.33. The van der Waals surface area contributed by atoms with Gasteiger partial charge in [-0.1, -0.05) is 54.1 Å². The number of para-hydroxylation sites is 2. The molecule has 5 nitrogen and oxygen atoms in total. The number of hydrogen-bond acceptors (Lipinski definition) is 2. The SMILES string of the molecule is CCOc1ccc([C@@H]2c3cccn3-c3ccccc3CN2C(=O)Nc2ccccc2Cl)cc1. The van der Waals surface area contributed by atoms with Crippen molar-refractivity contribution in [3.05, 3.63) is 113 Å². The normalized spacial score (nSPS) is 14.7. The number of rotatable bonds is 4. The lowest BCUT2D eigenvalue weighted by Gasteiger charge is -2.31. The third kappa shape index (κ3) is 4.08. The third-order valence-corrected chi connectivity index (χ3v) is 6.18. The molecule has 0 spiro atoms. The number of halogens is 1. The smallest absolute Gasteiger partial charge is 0.323 e. The average molecular weight is 458 g/mol. The van der Waals surface area contributed by atoms with Gasteiger partial charge in [0.05, 0.1) is 35.6 Å². The molecule has 3 aromatic carbocycles. The Labute approximate surface area is 198 Å². The van der Waals surface area contributed by atoms with E-state index in [-0.39, 0.29) is 12.1 Å². The Morgan fingerprint density at radius 2 is 1.76 bits per heavy atom. The molecule has 0 aliphatic carbocycles. The maximum Gasteiger partial charge on any atom is 0.323 e. The van der Waals surface area contributed by atoms with Gasteiger partial charge in [0.15, 0.2) is 0 Å². The van der Waals surface area contributed by atoms with Crippen LogP contribution in [0.5, 0.6) is 5.75 Å². The van der Waals surface area contributed by atoms with E-state index in [4.69, 9.17) is 16.3 Å². The Morgan fingerprint density at radius 3 is 2.55 bits per heavy atom. The van der Waals surface area contributed by atoms with E-state index in [1.54, 1.807) is 12.1 Å². The number of anilines is 1. The Morgan fingerprint density at radius 1 is 1.00 bits per heavy atom.